The normalized spacial score (nSPS) is 10.2. The van der Waals surface area contributed by atoms with Crippen molar-refractivity contribution in [1.29, 1.82) is 0 Å². The van der Waals surface area contributed by atoms with Crippen LogP contribution in [0.1, 0.15) is 35.8 Å². The molecule has 0 aromatic carbocycles. The molecule has 1 aromatic rings. The number of pyridine rings is 1. The van der Waals surface area contributed by atoms with Crippen molar-refractivity contribution in [2.75, 3.05) is 6.54 Å². The van der Waals surface area contributed by atoms with Crippen LogP contribution in [0, 0.1) is 10.5 Å². The SMILES string of the molecule is CCCCNC(=O)c1cc(I)c(C)[nH]c1=O. The van der Waals surface area contributed by atoms with Gasteiger partial charge in [-0.25, -0.2) is 0 Å². The fourth-order valence-corrected chi connectivity index (χ4v) is 1.69. The van der Waals surface area contributed by atoms with E-state index in [9.17, 15) is 9.59 Å². The molecule has 0 saturated heterocycles. The van der Waals surface area contributed by atoms with Gasteiger partial charge in [0.05, 0.1) is 0 Å². The summed E-state index contributed by atoms with van der Waals surface area (Å²) in [6.45, 7) is 4.47. The molecule has 0 bridgehead atoms. The summed E-state index contributed by atoms with van der Waals surface area (Å²) in [5, 5.41) is 2.73. The van der Waals surface area contributed by atoms with E-state index in [2.05, 4.69) is 32.9 Å². The molecule has 0 spiro atoms. The third kappa shape index (κ3) is 3.33. The topological polar surface area (TPSA) is 62.0 Å². The van der Waals surface area contributed by atoms with Gasteiger partial charge in [0, 0.05) is 15.8 Å². The summed E-state index contributed by atoms with van der Waals surface area (Å²) in [7, 11) is 0. The van der Waals surface area contributed by atoms with E-state index in [-0.39, 0.29) is 17.0 Å². The van der Waals surface area contributed by atoms with E-state index in [0.717, 1.165) is 22.1 Å². The van der Waals surface area contributed by atoms with E-state index in [1.165, 1.54) is 0 Å². The molecular weight excluding hydrogens is 319 g/mol. The fraction of sp³-hybridized carbons (Fsp3) is 0.455. The smallest absolute Gasteiger partial charge is 0.261 e. The summed E-state index contributed by atoms with van der Waals surface area (Å²) in [6, 6.07) is 1.62. The van der Waals surface area contributed by atoms with Crippen LogP contribution >= 0.6 is 22.6 Å². The van der Waals surface area contributed by atoms with Crippen LogP contribution in [0.4, 0.5) is 0 Å². The number of aryl methyl sites for hydroxylation is 1. The first-order chi connectivity index (χ1) is 7.56. The molecule has 0 radical (unpaired) electrons. The Labute approximate surface area is 108 Å². The van der Waals surface area contributed by atoms with Gasteiger partial charge in [0.25, 0.3) is 11.5 Å². The van der Waals surface area contributed by atoms with Gasteiger partial charge in [-0.05, 0) is 42.0 Å². The van der Waals surface area contributed by atoms with Crippen LogP contribution in [-0.2, 0) is 0 Å². The molecule has 0 aliphatic carbocycles. The summed E-state index contributed by atoms with van der Waals surface area (Å²) in [4.78, 5) is 25.9. The van der Waals surface area contributed by atoms with Crippen molar-refractivity contribution in [1.82, 2.24) is 10.3 Å². The largest absolute Gasteiger partial charge is 0.352 e. The Balaban J connectivity index is 2.84. The van der Waals surface area contributed by atoms with Crippen LogP contribution < -0.4 is 10.9 Å². The first-order valence-electron chi connectivity index (χ1n) is 5.24. The average molecular weight is 334 g/mol. The van der Waals surface area contributed by atoms with E-state index in [4.69, 9.17) is 0 Å². The minimum absolute atomic E-state index is 0.186. The zero-order valence-corrected chi connectivity index (χ0v) is 11.6. The minimum atomic E-state index is -0.327. The first-order valence-corrected chi connectivity index (χ1v) is 6.31. The van der Waals surface area contributed by atoms with Gasteiger partial charge >= 0.3 is 0 Å². The maximum Gasteiger partial charge on any atom is 0.261 e. The molecule has 4 nitrogen and oxygen atoms in total. The maximum absolute atomic E-state index is 11.7. The monoisotopic (exact) mass is 334 g/mol. The number of halogens is 1. The number of H-pyrrole nitrogens is 1. The Hall–Kier alpha value is -0.850. The van der Waals surface area contributed by atoms with Gasteiger partial charge in [0.1, 0.15) is 5.56 Å². The summed E-state index contributed by atoms with van der Waals surface area (Å²) in [5.41, 5.74) is 0.647. The van der Waals surface area contributed by atoms with Crippen LogP contribution in [0.2, 0.25) is 0 Å². The number of rotatable bonds is 4. The molecular formula is C11H15IN2O2. The van der Waals surface area contributed by atoms with E-state index in [1.54, 1.807) is 6.07 Å². The van der Waals surface area contributed by atoms with E-state index >= 15 is 0 Å². The Morgan fingerprint density at radius 3 is 2.88 bits per heavy atom. The highest BCUT2D eigenvalue weighted by Gasteiger charge is 2.11. The number of hydrogen-bond donors (Lipinski definition) is 2. The van der Waals surface area contributed by atoms with Gasteiger partial charge in [0.2, 0.25) is 0 Å². The van der Waals surface area contributed by atoms with Gasteiger partial charge in [-0.1, -0.05) is 13.3 Å². The van der Waals surface area contributed by atoms with Gasteiger partial charge in [-0.15, -0.1) is 0 Å². The summed E-state index contributed by atoms with van der Waals surface area (Å²) < 4.78 is 0.887. The summed E-state index contributed by atoms with van der Waals surface area (Å²) in [5.74, 6) is -0.299. The number of amides is 1. The van der Waals surface area contributed by atoms with Crippen molar-refractivity contribution in [3.63, 3.8) is 0 Å². The molecule has 1 amide bonds. The highest BCUT2D eigenvalue weighted by molar-refractivity contribution is 14.1. The van der Waals surface area contributed by atoms with Crippen LogP contribution in [-0.4, -0.2) is 17.4 Å². The number of nitrogens with one attached hydrogen (secondary N) is 2. The quantitative estimate of drug-likeness (QED) is 0.652. The number of carbonyl (C=O) groups excluding carboxylic acids is 1. The van der Waals surface area contributed by atoms with Crippen LogP contribution in [0.5, 0.6) is 0 Å². The molecule has 0 fully saturated rings. The Bertz CT molecular complexity index is 440. The second-order valence-electron chi connectivity index (χ2n) is 3.59. The van der Waals surface area contributed by atoms with Crippen molar-refractivity contribution < 1.29 is 4.79 Å². The maximum atomic E-state index is 11.7. The van der Waals surface area contributed by atoms with Crippen LogP contribution in [0.25, 0.3) is 0 Å². The predicted molar refractivity (Wildman–Crippen MR) is 71.8 cm³/mol. The lowest BCUT2D eigenvalue weighted by Gasteiger charge is -2.05. The molecule has 0 aliphatic rings. The molecule has 1 aromatic heterocycles. The molecule has 1 rings (SSSR count). The molecule has 0 atom stereocenters. The fourth-order valence-electron chi connectivity index (χ4n) is 1.24. The van der Waals surface area contributed by atoms with Crippen molar-refractivity contribution in [2.24, 2.45) is 0 Å². The number of aromatic nitrogens is 1. The molecule has 2 N–H and O–H groups in total. The average Bonchev–Trinajstić information content (AvgIpc) is 2.23. The number of aromatic amines is 1. The third-order valence-corrected chi connectivity index (χ3v) is 3.36. The van der Waals surface area contributed by atoms with Gasteiger partial charge in [-0.3, -0.25) is 9.59 Å². The van der Waals surface area contributed by atoms with E-state index in [0.29, 0.717) is 6.54 Å². The van der Waals surface area contributed by atoms with E-state index < -0.39 is 0 Å². The standard InChI is InChI=1S/C11H15IN2O2/c1-3-4-5-13-10(15)8-6-9(12)7(2)14-11(8)16/h6H,3-5H2,1-2H3,(H,13,15)(H,14,16). The van der Waals surface area contributed by atoms with E-state index in [1.807, 2.05) is 13.8 Å². The van der Waals surface area contributed by atoms with Crippen molar-refractivity contribution >= 4 is 28.5 Å². The predicted octanol–water partition coefficient (Wildman–Crippen LogP) is 1.82. The summed E-state index contributed by atoms with van der Waals surface area (Å²) >= 11 is 2.09. The lowest BCUT2D eigenvalue weighted by molar-refractivity contribution is 0.0951. The molecule has 1 heterocycles. The lowest BCUT2D eigenvalue weighted by atomic mass is 10.2. The zero-order chi connectivity index (χ0) is 12.1. The molecule has 0 unspecified atom stereocenters. The zero-order valence-electron chi connectivity index (χ0n) is 9.39. The Morgan fingerprint density at radius 2 is 2.25 bits per heavy atom. The summed E-state index contributed by atoms with van der Waals surface area (Å²) in [6.07, 6.45) is 1.94. The highest BCUT2D eigenvalue weighted by atomic mass is 127. The molecule has 5 heteroatoms. The highest BCUT2D eigenvalue weighted by Crippen LogP contribution is 2.07. The van der Waals surface area contributed by atoms with Gasteiger partial charge in [-0.2, -0.15) is 0 Å². The third-order valence-electron chi connectivity index (χ3n) is 2.24. The second-order valence-corrected chi connectivity index (χ2v) is 4.76. The minimum Gasteiger partial charge on any atom is -0.352 e. The molecule has 16 heavy (non-hydrogen) atoms. The number of unbranched alkanes of at least 4 members (excludes halogenated alkanes) is 1. The first kappa shape index (κ1) is 13.2. The Kier molecular flexibility index (Phi) is 4.98. The van der Waals surface area contributed by atoms with Crippen LogP contribution in [0.3, 0.4) is 0 Å². The molecule has 0 aliphatic heterocycles. The van der Waals surface area contributed by atoms with Gasteiger partial charge in [0.15, 0.2) is 0 Å². The van der Waals surface area contributed by atoms with Crippen LogP contribution in [0.15, 0.2) is 10.9 Å². The number of hydrogen-bond acceptors (Lipinski definition) is 2. The van der Waals surface area contributed by atoms with Crippen molar-refractivity contribution in [2.45, 2.75) is 26.7 Å². The lowest BCUT2D eigenvalue weighted by Crippen LogP contribution is -2.30. The van der Waals surface area contributed by atoms with Crippen molar-refractivity contribution in [3.05, 3.63) is 31.2 Å². The number of carbonyl (C=O) groups is 1. The molecule has 0 saturated carbocycles. The van der Waals surface area contributed by atoms with Crippen molar-refractivity contribution in [3.8, 4) is 0 Å². The molecule has 88 valence electrons. The second kappa shape index (κ2) is 6.03. The van der Waals surface area contributed by atoms with Gasteiger partial charge < -0.3 is 10.3 Å². The Morgan fingerprint density at radius 1 is 1.56 bits per heavy atom.